The van der Waals surface area contributed by atoms with Crippen molar-refractivity contribution in [1.82, 2.24) is 15.2 Å². The quantitative estimate of drug-likeness (QED) is 0.441. The maximum Gasteiger partial charge on any atom is 0.185 e. The van der Waals surface area contributed by atoms with E-state index in [0.29, 0.717) is 53.5 Å². The highest BCUT2D eigenvalue weighted by Crippen LogP contribution is 2.37. The largest absolute Gasteiger partial charge is 0.495 e. The smallest absolute Gasteiger partial charge is 0.185 e. The number of sulfone groups is 1. The minimum Gasteiger partial charge on any atom is -0.495 e. The fraction of sp³-hybridized carbons (Fsp3) is 0.273. The summed E-state index contributed by atoms with van der Waals surface area (Å²) in [5.74, 6) is 0.866. The number of halogens is 1. The van der Waals surface area contributed by atoms with Gasteiger partial charge in [0.1, 0.15) is 10.6 Å². The molecule has 0 amide bonds. The number of aromatic nitrogens is 3. The lowest BCUT2D eigenvalue weighted by Gasteiger charge is -2.23. The van der Waals surface area contributed by atoms with Crippen LogP contribution in [-0.4, -0.2) is 49.2 Å². The van der Waals surface area contributed by atoms with Crippen molar-refractivity contribution in [2.45, 2.75) is 23.0 Å². The Morgan fingerprint density at radius 1 is 1.16 bits per heavy atom. The summed E-state index contributed by atoms with van der Waals surface area (Å²) in [6.07, 6.45) is 2.57. The normalized spacial score (nSPS) is 15.3. The van der Waals surface area contributed by atoms with Gasteiger partial charge in [-0.15, -0.1) is 0 Å². The molecule has 32 heavy (non-hydrogen) atoms. The van der Waals surface area contributed by atoms with Crippen molar-refractivity contribution >= 4 is 54.7 Å². The zero-order valence-electron chi connectivity index (χ0n) is 17.3. The fourth-order valence-corrected chi connectivity index (χ4v) is 6.07. The van der Waals surface area contributed by atoms with Crippen LogP contribution in [0.2, 0.25) is 5.02 Å². The molecule has 0 radical (unpaired) electrons. The average Bonchev–Trinajstić information content (AvgIpc) is 3.20. The van der Waals surface area contributed by atoms with E-state index in [2.05, 4.69) is 20.5 Å². The SMILES string of the molecule is COc1cc2nccc(Nc3n[nH]c4ccc(Cl)cc34)c2cc1S(=O)(=O)C1CCOCC1. The topological polar surface area (TPSA) is 106 Å². The standard InChI is InChI=1S/C22H21ClN4O4S/c1-30-20-12-19-15(11-21(20)32(28,29)14-5-8-31-9-6-14)17(4-7-24-19)25-22-16-10-13(23)2-3-18(16)26-27-22/h2-4,7,10-12,14H,5-6,8-9H2,1H3,(H2,24,25,26,27). The number of nitrogens with one attached hydrogen (secondary N) is 2. The van der Waals surface area contributed by atoms with Gasteiger partial charge < -0.3 is 14.8 Å². The monoisotopic (exact) mass is 472 g/mol. The van der Waals surface area contributed by atoms with Gasteiger partial charge in [0.25, 0.3) is 0 Å². The maximum atomic E-state index is 13.4. The van der Waals surface area contributed by atoms with Gasteiger partial charge in [0, 0.05) is 41.3 Å². The molecule has 3 heterocycles. The number of aromatic amines is 1. The van der Waals surface area contributed by atoms with Gasteiger partial charge in [-0.05, 0) is 43.2 Å². The van der Waals surface area contributed by atoms with Crippen LogP contribution >= 0.6 is 11.6 Å². The van der Waals surface area contributed by atoms with Gasteiger partial charge in [0.05, 0.1) is 29.1 Å². The lowest BCUT2D eigenvalue weighted by atomic mass is 10.1. The van der Waals surface area contributed by atoms with Crippen molar-refractivity contribution in [3.8, 4) is 5.75 Å². The summed E-state index contributed by atoms with van der Waals surface area (Å²) in [4.78, 5) is 4.57. The second kappa shape index (κ2) is 8.23. The van der Waals surface area contributed by atoms with Crippen molar-refractivity contribution < 1.29 is 17.9 Å². The molecule has 0 bridgehead atoms. The molecule has 0 unspecified atom stereocenters. The predicted octanol–water partition coefficient (Wildman–Crippen LogP) is 4.47. The molecule has 1 fully saturated rings. The van der Waals surface area contributed by atoms with Gasteiger partial charge in [-0.2, -0.15) is 5.10 Å². The molecule has 2 aromatic heterocycles. The van der Waals surface area contributed by atoms with Crippen molar-refractivity contribution in [2.75, 3.05) is 25.6 Å². The lowest BCUT2D eigenvalue weighted by Crippen LogP contribution is -2.29. The number of ether oxygens (including phenoxy) is 2. The van der Waals surface area contributed by atoms with E-state index in [9.17, 15) is 8.42 Å². The molecule has 1 aliphatic heterocycles. The Hall–Kier alpha value is -2.88. The third-order valence-electron chi connectivity index (χ3n) is 5.72. The number of hydrogen-bond donors (Lipinski definition) is 2. The van der Waals surface area contributed by atoms with Crippen LogP contribution in [0.5, 0.6) is 5.75 Å². The van der Waals surface area contributed by atoms with E-state index < -0.39 is 15.1 Å². The van der Waals surface area contributed by atoms with Crippen molar-refractivity contribution in [3.05, 3.63) is 47.6 Å². The summed E-state index contributed by atoms with van der Waals surface area (Å²) in [5.41, 5.74) is 2.12. The molecule has 10 heteroatoms. The second-order valence-electron chi connectivity index (χ2n) is 7.62. The molecule has 166 valence electrons. The highest BCUT2D eigenvalue weighted by Gasteiger charge is 2.32. The number of methoxy groups -OCH3 is 1. The van der Waals surface area contributed by atoms with Crippen LogP contribution in [0.1, 0.15) is 12.8 Å². The molecule has 0 aliphatic carbocycles. The molecule has 0 spiro atoms. The van der Waals surface area contributed by atoms with Gasteiger partial charge in [0.15, 0.2) is 15.7 Å². The summed E-state index contributed by atoms with van der Waals surface area (Å²) < 4.78 is 37.7. The summed E-state index contributed by atoms with van der Waals surface area (Å²) in [6.45, 7) is 0.867. The Kier molecular flexibility index (Phi) is 5.40. The minimum absolute atomic E-state index is 0.158. The number of rotatable bonds is 5. The fourth-order valence-electron chi connectivity index (χ4n) is 4.02. The van der Waals surface area contributed by atoms with Crippen molar-refractivity contribution in [2.24, 2.45) is 0 Å². The highest BCUT2D eigenvalue weighted by atomic mass is 35.5. The zero-order chi connectivity index (χ0) is 22.3. The van der Waals surface area contributed by atoms with Crippen LogP contribution in [0.25, 0.3) is 21.8 Å². The average molecular weight is 473 g/mol. The maximum absolute atomic E-state index is 13.4. The zero-order valence-corrected chi connectivity index (χ0v) is 18.8. The predicted molar refractivity (Wildman–Crippen MR) is 124 cm³/mol. The van der Waals surface area contributed by atoms with E-state index in [1.807, 2.05) is 12.1 Å². The molecule has 1 saturated heterocycles. The minimum atomic E-state index is -3.62. The van der Waals surface area contributed by atoms with Crippen LogP contribution in [0.15, 0.2) is 47.5 Å². The molecule has 0 saturated carbocycles. The number of pyridine rings is 1. The van der Waals surface area contributed by atoms with E-state index in [4.69, 9.17) is 21.1 Å². The molecule has 8 nitrogen and oxygen atoms in total. The number of anilines is 2. The summed E-state index contributed by atoms with van der Waals surface area (Å²) >= 11 is 6.15. The Labute approximate surface area is 189 Å². The summed E-state index contributed by atoms with van der Waals surface area (Å²) in [6, 6.07) is 10.5. The first-order valence-corrected chi connectivity index (χ1v) is 12.1. The van der Waals surface area contributed by atoms with E-state index in [0.717, 1.165) is 10.9 Å². The van der Waals surface area contributed by atoms with Crippen LogP contribution in [0.4, 0.5) is 11.5 Å². The Morgan fingerprint density at radius 3 is 2.75 bits per heavy atom. The van der Waals surface area contributed by atoms with Gasteiger partial charge >= 0.3 is 0 Å². The van der Waals surface area contributed by atoms with Gasteiger partial charge in [-0.25, -0.2) is 8.42 Å². The molecule has 5 rings (SSSR count). The third-order valence-corrected chi connectivity index (χ3v) is 8.23. The summed E-state index contributed by atoms with van der Waals surface area (Å²) in [5, 5.41) is 12.2. The first kappa shape index (κ1) is 21.0. The van der Waals surface area contributed by atoms with E-state index in [1.54, 1.807) is 30.5 Å². The van der Waals surface area contributed by atoms with E-state index >= 15 is 0 Å². The third kappa shape index (κ3) is 3.66. The van der Waals surface area contributed by atoms with Crippen LogP contribution in [-0.2, 0) is 14.6 Å². The Bertz CT molecular complexity index is 1410. The molecular formula is C22H21ClN4O4S. The second-order valence-corrected chi connectivity index (χ2v) is 10.3. The molecule has 4 aromatic rings. The van der Waals surface area contributed by atoms with Crippen LogP contribution in [0.3, 0.4) is 0 Å². The lowest BCUT2D eigenvalue weighted by molar-refractivity contribution is 0.0983. The van der Waals surface area contributed by atoms with E-state index in [-0.39, 0.29) is 10.6 Å². The van der Waals surface area contributed by atoms with Gasteiger partial charge in [-0.1, -0.05) is 11.6 Å². The van der Waals surface area contributed by atoms with Crippen molar-refractivity contribution in [1.29, 1.82) is 0 Å². The van der Waals surface area contributed by atoms with Crippen LogP contribution in [0, 0.1) is 0 Å². The van der Waals surface area contributed by atoms with E-state index in [1.165, 1.54) is 7.11 Å². The molecule has 2 N–H and O–H groups in total. The molecular weight excluding hydrogens is 452 g/mol. The molecule has 0 atom stereocenters. The molecule has 1 aliphatic rings. The number of H-pyrrole nitrogens is 1. The Morgan fingerprint density at radius 2 is 1.97 bits per heavy atom. The van der Waals surface area contributed by atoms with Gasteiger partial charge in [-0.3, -0.25) is 10.1 Å². The molecule has 2 aromatic carbocycles. The number of fused-ring (bicyclic) bond motifs is 2. The van der Waals surface area contributed by atoms with Gasteiger partial charge in [0.2, 0.25) is 0 Å². The first-order valence-electron chi connectivity index (χ1n) is 10.2. The highest BCUT2D eigenvalue weighted by molar-refractivity contribution is 7.92. The number of hydrogen-bond acceptors (Lipinski definition) is 7. The number of nitrogens with zero attached hydrogens (tertiary/aromatic N) is 2. The Balaban J connectivity index is 1.63. The van der Waals surface area contributed by atoms with Crippen molar-refractivity contribution in [3.63, 3.8) is 0 Å². The van der Waals surface area contributed by atoms with Crippen LogP contribution < -0.4 is 10.1 Å². The number of benzene rings is 2. The first-order chi connectivity index (χ1) is 15.5. The summed E-state index contributed by atoms with van der Waals surface area (Å²) in [7, 11) is -2.15.